The SMILES string of the molecule is Cc1ccc(N(CCC#N)C(=O)COC(=O)c2ccccc2-n2cnnn2)cc1. The normalized spacial score (nSPS) is 10.2. The van der Waals surface area contributed by atoms with Gasteiger partial charge in [-0.15, -0.1) is 5.10 Å². The topological polar surface area (TPSA) is 114 Å². The van der Waals surface area contributed by atoms with Gasteiger partial charge in [-0.2, -0.15) is 9.94 Å². The summed E-state index contributed by atoms with van der Waals surface area (Å²) in [5.74, 6) is -1.09. The number of nitriles is 1. The third kappa shape index (κ3) is 4.81. The van der Waals surface area contributed by atoms with Crippen LogP contribution in [0.1, 0.15) is 22.3 Å². The average molecular weight is 390 g/mol. The van der Waals surface area contributed by atoms with Gasteiger partial charge >= 0.3 is 5.97 Å². The first kappa shape index (κ1) is 19.7. The summed E-state index contributed by atoms with van der Waals surface area (Å²) in [5.41, 5.74) is 2.36. The van der Waals surface area contributed by atoms with Gasteiger partial charge in [0, 0.05) is 12.2 Å². The zero-order valence-corrected chi connectivity index (χ0v) is 15.7. The lowest BCUT2D eigenvalue weighted by molar-refractivity contribution is -0.121. The molecule has 2 aromatic carbocycles. The number of hydrogen-bond acceptors (Lipinski definition) is 7. The van der Waals surface area contributed by atoms with Crippen LogP contribution in [0, 0.1) is 18.3 Å². The van der Waals surface area contributed by atoms with Gasteiger partial charge in [0.05, 0.1) is 23.7 Å². The van der Waals surface area contributed by atoms with E-state index in [-0.39, 0.29) is 18.5 Å². The van der Waals surface area contributed by atoms with E-state index in [2.05, 4.69) is 15.5 Å². The number of amides is 1. The highest BCUT2D eigenvalue weighted by Gasteiger charge is 2.20. The summed E-state index contributed by atoms with van der Waals surface area (Å²) < 4.78 is 6.58. The molecule has 9 heteroatoms. The van der Waals surface area contributed by atoms with Crippen molar-refractivity contribution in [1.29, 1.82) is 5.26 Å². The number of carbonyl (C=O) groups excluding carboxylic acids is 2. The second kappa shape index (κ2) is 9.23. The highest BCUT2D eigenvalue weighted by atomic mass is 16.5. The van der Waals surface area contributed by atoms with Crippen molar-refractivity contribution in [3.63, 3.8) is 0 Å². The fraction of sp³-hybridized carbons (Fsp3) is 0.200. The first-order valence-electron chi connectivity index (χ1n) is 8.83. The summed E-state index contributed by atoms with van der Waals surface area (Å²) >= 11 is 0. The maximum atomic E-state index is 12.7. The van der Waals surface area contributed by atoms with E-state index < -0.39 is 18.5 Å². The van der Waals surface area contributed by atoms with Gasteiger partial charge in [0.2, 0.25) is 0 Å². The molecular weight excluding hydrogens is 372 g/mol. The van der Waals surface area contributed by atoms with Crippen molar-refractivity contribution in [2.24, 2.45) is 0 Å². The molecule has 3 aromatic rings. The second-order valence-electron chi connectivity index (χ2n) is 6.14. The van der Waals surface area contributed by atoms with Gasteiger partial charge < -0.3 is 9.64 Å². The molecule has 3 rings (SSSR count). The predicted octanol–water partition coefficient (Wildman–Crippen LogP) is 2.07. The number of ether oxygens (including phenoxy) is 1. The Kier molecular flexibility index (Phi) is 6.27. The molecule has 0 spiro atoms. The largest absolute Gasteiger partial charge is 0.452 e. The third-order valence-corrected chi connectivity index (χ3v) is 4.14. The Labute approximate surface area is 167 Å². The van der Waals surface area contributed by atoms with Gasteiger partial charge in [-0.3, -0.25) is 4.79 Å². The molecule has 0 aliphatic heterocycles. The Morgan fingerprint density at radius 1 is 1.17 bits per heavy atom. The molecule has 0 unspecified atom stereocenters. The van der Waals surface area contributed by atoms with Gasteiger partial charge in [0.1, 0.15) is 6.33 Å². The molecule has 29 heavy (non-hydrogen) atoms. The fourth-order valence-electron chi connectivity index (χ4n) is 2.68. The molecule has 0 radical (unpaired) electrons. The number of anilines is 1. The van der Waals surface area contributed by atoms with Crippen molar-refractivity contribution in [3.05, 3.63) is 66.0 Å². The highest BCUT2D eigenvalue weighted by Crippen LogP contribution is 2.17. The average Bonchev–Trinajstić information content (AvgIpc) is 3.28. The minimum absolute atomic E-state index is 0.162. The summed E-state index contributed by atoms with van der Waals surface area (Å²) in [7, 11) is 0. The Balaban J connectivity index is 1.72. The number of carbonyl (C=O) groups is 2. The maximum absolute atomic E-state index is 12.7. The van der Waals surface area contributed by atoms with Crippen LogP contribution in [-0.2, 0) is 9.53 Å². The molecule has 1 amide bonds. The van der Waals surface area contributed by atoms with Crippen molar-refractivity contribution in [2.45, 2.75) is 13.3 Å². The molecule has 0 aliphatic rings. The number of hydrogen-bond donors (Lipinski definition) is 0. The lowest BCUT2D eigenvalue weighted by Crippen LogP contribution is -2.35. The van der Waals surface area contributed by atoms with Crippen LogP contribution in [0.25, 0.3) is 5.69 Å². The maximum Gasteiger partial charge on any atom is 0.340 e. The minimum Gasteiger partial charge on any atom is -0.452 e. The van der Waals surface area contributed by atoms with Crippen LogP contribution in [0.3, 0.4) is 0 Å². The van der Waals surface area contributed by atoms with Crippen molar-refractivity contribution in [3.8, 4) is 11.8 Å². The number of esters is 1. The molecule has 146 valence electrons. The Morgan fingerprint density at radius 3 is 2.62 bits per heavy atom. The molecule has 0 fully saturated rings. The predicted molar refractivity (Wildman–Crippen MR) is 103 cm³/mol. The van der Waals surface area contributed by atoms with Gasteiger partial charge in [-0.25, -0.2) is 4.79 Å². The minimum atomic E-state index is -0.673. The second-order valence-corrected chi connectivity index (χ2v) is 6.14. The Hall–Kier alpha value is -4.06. The van der Waals surface area contributed by atoms with Crippen LogP contribution in [0.5, 0.6) is 0 Å². The fourth-order valence-corrected chi connectivity index (χ4v) is 2.68. The highest BCUT2D eigenvalue weighted by molar-refractivity contribution is 5.98. The number of aryl methyl sites for hydroxylation is 1. The standard InChI is InChI=1S/C20H18N6O3/c1-15-7-9-16(10-8-15)25(12-4-11-21)19(27)13-29-20(28)17-5-2-3-6-18(17)26-14-22-23-24-26/h2-3,5-10,14H,4,12-13H2,1H3. The first-order chi connectivity index (χ1) is 14.1. The van der Waals surface area contributed by atoms with Crippen molar-refractivity contribution >= 4 is 17.6 Å². The summed E-state index contributed by atoms with van der Waals surface area (Å²) in [6, 6.07) is 16.0. The van der Waals surface area contributed by atoms with Crippen LogP contribution in [-0.4, -0.2) is 45.2 Å². The number of para-hydroxylation sites is 1. The van der Waals surface area contributed by atoms with E-state index in [1.165, 1.54) is 15.9 Å². The van der Waals surface area contributed by atoms with E-state index in [0.29, 0.717) is 11.4 Å². The summed E-state index contributed by atoms with van der Waals surface area (Å²) in [6.07, 6.45) is 1.52. The summed E-state index contributed by atoms with van der Waals surface area (Å²) in [5, 5.41) is 19.8. The van der Waals surface area contributed by atoms with E-state index in [9.17, 15) is 9.59 Å². The van der Waals surface area contributed by atoms with E-state index in [1.54, 1.807) is 36.4 Å². The monoisotopic (exact) mass is 390 g/mol. The van der Waals surface area contributed by atoms with Crippen LogP contribution in [0.15, 0.2) is 54.9 Å². The number of nitrogens with zero attached hydrogens (tertiary/aromatic N) is 6. The lowest BCUT2D eigenvalue weighted by atomic mass is 10.2. The van der Waals surface area contributed by atoms with E-state index in [4.69, 9.17) is 10.00 Å². The zero-order chi connectivity index (χ0) is 20.6. The van der Waals surface area contributed by atoms with Crippen LogP contribution in [0.2, 0.25) is 0 Å². The Bertz CT molecular complexity index is 1030. The van der Waals surface area contributed by atoms with Crippen molar-refractivity contribution in [1.82, 2.24) is 20.2 Å². The van der Waals surface area contributed by atoms with E-state index in [1.807, 2.05) is 25.1 Å². The van der Waals surface area contributed by atoms with Crippen molar-refractivity contribution < 1.29 is 14.3 Å². The van der Waals surface area contributed by atoms with Gasteiger partial charge in [0.25, 0.3) is 5.91 Å². The lowest BCUT2D eigenvalue weighted by Gasteiger charge is -2.22. The van der Waals surface area contributed by atoms with Crippen LogP contribution >= 0.6 is 0 Å². The van der Waals surface area contributed by atoms with Crippen LogP contribution in [0.4, 0.5) is 5.69 Å². The molecule has 1 aromatic heterocycles. The number of tetrazole rings is 1. The Morgan fingerprint density at radius 2 is 1.93 bits per heavy atom. The van der Waals surface area contributed by atoms with E-state index >= 15 is 0 Å². The van der Waals surface area contributed by atoms with Crippen LogP contribution < -0.4 is 4.90 Å². The van der Waals surface area contributed by atoms with E-state index in [0.717, 1.165) is 5.56 Å². The molecule has 0 bridgehead atoms. The zero-order valence-electron chi connectivity index (χ0n) is 15.7. The first-order valence-corrected chi connectivity index (χ1v) is 8.83. The quantitative estimate of drug-likeness (QED) is 0.567. The summed E-state index contributed by atoms with van der Waals surface area (Å²) in [4.78, 5) is 26.7. The third-order valence-electron chi connectivity index (χ3n) is 4.14. The smallest absolute Gasteiger partial charge is 0.340 e. The summed E-state index contributed by atoms with van der Waals surface area (Å²) in [6.45, 7) is 1.69. The molecule has 1 heterocycles. The number of rotatable bonds is 7. The molecule has 0 saturated heterocycles. The molecule has 0 atom stereocenters. The number of aromatic nitrogens is 4. The van der Waals surface area contributed by atoms with Gasteiger partial charge in [0.15, 0.2) is 6.61 Å². The molecular formula is C20H18N6O3. The van der Waals surface area contributed by atoms with Gasteiger partial charge in [-0.1, -0.05) is 29.8 Å². The molecule has 9 nitrogen and oxygen atoms in total. The molecule has 0 saturated carbocycles. The van der Waals surface area contributed by atoms with Crippen molar-refractivity contribution in [2.75, 3.05) is 18.1 Å². The molecule has 0 N–H and O–H groups in total. The molecule has 0 aliphatic carbocycles. The van der Waals surface area contributed by atoms with Gasteiger partial charge in [-0.05, 0) is 41.6 Å². The number of benzene rings is 2.